The van der Waals surface area contributed by atoms with Gasteiger partial charge in [-0.1, -0.05) is 6.92 Å². The van der Waals surface area contributed by atoms with Crippen LogP contribution in [-0.4, -0.2) is 41.1 Å². The van der Waals surface area contributed by atoms with Gasteiger partial charge < -0.3 is 4.90 Å². The van der Waals surface area contributed by atoms with E-state index in [1.807, 2.05) is 16.7 Å². The Morgan fingerprint density at radius 2 is 2.36 bits per heavy atom. The summed E-state index contributed by atoms with van der Waals surface area (Å²) in [5.41, 5.74) is 0. The molecule has 0 radical (unpaired) electrons. The Morgan fingerprint density at radius 3 is 2.86 bits per heavy atom. The number of nitrogens with zero attached hydrogens (tertiary/aromatic N) is 1. The molecule has 1 aliphatic heterocycles. The molecule has 1 unspecified atom stereocenters. The normalized spacial score (nSPS) is 29.7. The van der Waals surface area contributed by atoms with Crippen LogP contribution in [0.25, 0.3) is 0 Å². The van der Waals surface area contributed by atoms with E-state index in [-0.39, 0.29) is 12.1 Å². The van der Waals surface area contributed by atoms with Crippen LogP contribution in [0, 0.1) is 0 Å². The van der Waals surface area contributed by atoms with Crippen LogP contribution in [0.2, 0.25) is 0 Å². The first kappa shape index (κ1) is 10.3. The van der Waals surface area contributed by atoms with Gasteiger partial charge in [-0.05, 0) is 25.5 Å². The van der Waals surface area contributed by atoms with Crippen molar-refractivity contribution in [3.63, 3.8) is 0 Å². The summed E-state index contributed by atoms with van der Waals surface area (Å²) in [7, 11) is 0. The van der Waals surface area contributed by atoms with Gasteiger partial charge >= 0.3 is 0 Å². The molecule has 0 aromatic heterocycles. The van der Waals surface area contributed by atoms with Crippen molar-refractivity contribution < 1.29 is 4.79 Å². The maximum atomic E-state index is 11.6. The highest BCUT2D eigenvalue weighted by molar-refractivity contribution is 8.00. The predicted molar refractivity (Wildman–Crippen MR) is 59.3 cm³/mol. The molecular formula is C10H18N2OS. The van der Waals surface area contributed by atoms with Crippen molar-refractivity contribution in [1.29, 1.82) is 0 Å². The standard InChI is InChI=1S/C10H18N2OS/c1-3-8-11-6-9(13)12(8)7-10(14-2)4-5-10/h8,11H,3-7H2,1-2H3. The Hall–Kier alpha value is -0.220. The van der Waals surface area contributed by atoms with Crippen molar-refractivity contribution in [1.82, 2.24) is 10.2 Å². The summed E-state index contributed by atoms with van der Waals surface area (Å²) in [6, 6.07) is 0. The molecule has 1 aliphatic carbocycles. The Morgan fingerprint density at radius 1 is 1.64 bits per heavy atom. The highest BCUT2D eigenvalue weighted by Gasteiger charge is 2.46. The minimum Gasteiger partial charge on any atom is -0.325 e. The summed E-state index contributed by atoms with van der Waals surface area (Å²) >= 11 is 1.92. The molecule has 1 saturated carbocycles. The van der Waals surface area contributed by atoms with Gasteiger partial charge in [0.1, 0.15) is 0 Å². The van der Waals surface area contributed by atoms with E-state index in [2.05, 4.69) is 18.5 Å². The number of hydrogen-bond donors (Lipinski definition) is 1. The number of thioether (sulfide) groups is 1. The zero-order valence-corrected chi connectivity index (χ0v) is 9.69. The highest BCUT2D eigenvalue weighted by atomic mass is 32.2. The number of nitrogens with one attached hydrogen (secondary N) is 1. The maximum absolute atomic E-state index is 11.6. The first-order chi connectivity index (χ1) is 6.71. The molecule has 0 aromatic rings. The van der Waals surface area contributed by atoms with Gasteiger partial charge in [-0.2, -0.15) is 11.8 Å². The average Bonchev–Trinajstić information content (AvgIpc) is 2.89. The lowest BCUT2D eigenvalue weighted by Crippen LogP contribution is -2.41. The quantitative estimate of drug-likeness (QED) is 0.759. The third-order valence-electron chi connectivity index (χ3n) is 3.27. The minimum absolute atomic E-state index is 0.275. The lowest BCUT2D eigenvalue weighted by Gasteiger charge is -2.27. The number of carbonyl (C=O) groups is 1. The zero-order chi connectivity index (χ0) is 10.2. The Bertz CT molecular complexity index is 240. The first-order valence-electron chi connectivity index (χ1n) is 5.29. The molecule has 2 fully saturated rings. The largest absolute Gasteiger partial charge is 0.325 e. The first-order valence-corrected chi connectivity index (χ1v) is 6.51. The van der Waals surface area contributed by atoms with E-state index in [1.165, 1.54) is 12.8 Å². The number of hydrogen-bond acceptors (Lipinski definition) is 3. The van der Waals surface area contributed by atoms with E-state index in [4.69, 9.17) is 0 Å². The molecule has 1 heterocycles. The topological polar surface area (TPSA) is 32.3 Å². The van der Waals surface area contributed by atoms with Crippen LogP contribution in [0.1, 0.15) is 26.2 Å². The van der Waals surface area contributed by atoms with E-state index in [0.29, 0.717) is 11.3 Å². The number of rotatable bonds is 4. The second-order valence-electron chi connectivity index (χ2n) is 4.21. The summed E-state index contributed by atoms with van der Waals surface area (Å²) < 4.78 is 0.398. The smallest absolute Gasteiger partial charge is 0.237 e. The number of carbonyl (C=O) groups excluding carboxylic acids is 1. The van der Waals surface area contributed by atoms with Crippen molar-refractivity contribution in [3.8, 4) is 0 Å². The van der Waals surface area contributed by atoms with Crippen LogP contribution in [-0.2, 0) is 4.79 Å². The molecule has 3 nitrogen and oxygen atoms in total. The molecule has 1 atom stereocenters. The van der Waals surface area contributed by atoms with E-state index in [1.54, 1.807) is 0 Å². The second kappa shape index (κ2) is 3.74. The average molecular weight is 214 g/mol. The van der Waals surface area contributed by atoms with Gasteiger partial charge in [-0.25, -0.2) is 0 Å². The van der Waals surface area contributed by atoms with Gasteiger partial charge in [-0.15, -0.1) is 0 Å². The van der Waals surface area contributed by atoms with Crippen LogP contribution >= 0.6 is 11.8 Å². The van der Waals surface area contributed by atoms with E-state index in [0.717, 1.165) is 13.0 Å². The van der Waals surface area contributed by atoms with Crippen LogP contribution in [0.5, 0.6) is 0 Å². The van der Waals surface area contributed by atoms with Crippen molar-refractivity contribution in [3.05, 3.63) is 0 Å². The van der Waals surface area contributed by atoms with Crippen molar-refractivity contribution in [2.45, 2.75) is 37.1 Å². The third-order valence-corrected chi connectivity index (χ3v) is 4.67. The highest BCUT2D eigenvalue weighted by Crippen LogP contribution is 2.48. The van der Waals surface area contributed by atoms with E-state index >= 15 is 0 Å². The third kappa shape index (κ3) is 1.77. The lowest BCUT2D eigenvalue weighted by atomic mass is 10.3. The van der Waals surface area contributed by atoms with Crippen LogP contribution in [0.15, 0.2) is 0 Å². The number of amides is 1. The molecule has 4 heteroatoms. The second-order valence-corrected chi connectivity index (χ2v) is 5.49. The predicted octanol–water partition coefficient (Wildman–Crippen LogP) is 1.05. The maximum Gasteiger partial charge on any atom is 0.237 e. The summed E-state index contributed by atoms with van der Waals surface area (Å²) in [6.45, 7) is 3.60. The zero-order valence-electron chi connectivity index (χ0n) is 8.88. The fourth-order valence-electron chi connectivity index (χ4n) is 2.03. The fourth-order valence-corrected chi connectivity index (χ4v) is 2.81. The van der Waals surface area contributed by atoms with Crippen LogP contribution < -0.4 is 5.32 Å². The molecule has 2 rings (SSSR count). The lowest BCUT2D eigenvalue weighted by molar-refractivity contribution is -0.128. The van der Waals surface area contributed by atoms with Gasteiger partial charge in [-0.3, -0.25) is 10.1 Å². The SMILES string of the molecule is CCC1NCC(=O)N1CC1(SC)CC1. The molecule has 0 aromatic carbocycles. The van der Waals surface area contributed by atoms with Crippen molar-refractivity contribution in [2.75, 3.05) is 19.3 Å². The molecule has 2 aliphatic rings. The molecule has 0 spiro atoms. The van der Waals surface area contributed by atoms with Crippen LogP contribution in [0.3, 0.4) is 0 Å². The van der Waals surface area contributed by atoms with Gasteiger partial charge in [0.2, 0.25) is 5.91 Å². The van der Waals surface area contributed by atoms with Crippen molar-refractivity contribution >= 4 is 17.7 Å². The van der Waals surface area contributed by atoms with E-state index in [9.17, 15) is 4.79 Å². The minimum atomic E-state index is 0.275. The van der Waals surface area contributed by atoms with Gasteiger partial charge in [0.25, 0.3) is 0 Å². The molecular weight excluding hydrogens is 196 g/mol. The summed E-state index contributed by atoms with van der Waals surface area (Å²) in [6.07, 6.45) is 5.99. The van der Waals surface area contributed by atoms with E-state index < -0.39 is 0 Å². The van der Waals surface area contributed by atoms with Gasteiger partial charge in [0, 0.05) is 11.3 Å². The molecule has 0 bridgehead atoms. The monoisotopic (exact) mass is 214 g/mol. The van der Waals surface area contributed by atoms with Gasteiger partial charge in [0.15, 0.2) is 0 Å². The summed E-state index contributed by atoms with van der Waals surface area (Å²) in [5, 5.41) is 3.25. The van der Waals surface area contributed by atoms with Crippen molar-refractivity contribution in [2.24, 2.45) is 0 Å². The fraction of sp³-hybridized carbons (Fsp3) is 0.900. The molecule has 1 amide bonds. The summed E-state index contributed by atoms with van der Waals surface area (Å²) in [4.78, 5) is 13.7. The Labute approximate surface area is 89.6 Å². The molecule has 80 valence electrons. The summed E-state index contributed by atoms with van der Waals surface area (Å²) in [5.74, 6) is 0.275. The van der Waals surface area contributed by atoms with Gasteiger partial charge in [0.05, 0.1) is 12.7 Å². The Kier molecular flexibility index (Phi) is 2.75. The molecule has 14 heavy (non-hydrogen) atoms. The van der Waals surface area contributed by atoms with Crippen LogP contribution in [0.4, 0.5) is 0 Å². The Balaban J connectivity index is 1.98. The molecule has 1 saturated heterocycles. The molecule has 1 N–H and O–H groups in total.